The van der Waals surface area contributed by atoms with E-state index in [1.165, 1.54) is 18.6 Å². The molecule has 0 spiro atoms. The summed E-state index contributed by atoms with van der Waals surface area (Å²) in [5.74, 6) is 0.867. The van der Waals surface area contributed by atoms with Gasteiger partial charge in [0.05, 0.1) is 18.5 Å². The Morgan fingerprint density at radius 1 is 1.48 bits per heavy atom. The van der Waals surface area contributed by atoms with Crippen molar-refractivity contribution in [1.82, 2.24) is 8.94 Å². The number of rotatable bonds is 5. The van der Waals surface area contributed by atoms with Gasteiger partial charge in [-0.2, -0.15) is 4.37 Å². The molecule has 1 atom stereocenters. The number of methoxy groups -OCH3 is 1. The number of carbonyl (C=O) groups is 1. The maximum Gasteiger partial charge on any atom is 0.313 e. The van der Waals surface area contributed by atoms with Crippen molar-refractivity contribution in [3.8, 4) is 0 Å². The summed E-state index contributed by atoms with van der Waals surface area (Å²) in [6.45, 7) is 9.78. The van der Waals surface area contributed by atoms with Crippen LogP contribution in [0.25, 0.3) is 0 Å². The number of hydrogen-bond acceptors (Lipinski definition) is 5. The number of aromatic nitrogens is 2. The Morgan fingerprint density at radius 2 is 2.17 bits per heavy atom. The smallest absolute Gasteiger partial charge is 0.313 e. The van der Waals surface area contributed by atoms with E-state index in [1.807, 2.05) is 32.4 Å². The van der Waals surface area contributed by atoms with Crippen LogP contribution in [0.3, 0.4) is 0 Å². The molecule has 1 aliphatic heterocycles. The Bertz CT molecular complexity index is 1060. The first-order valence-electron chi connectivity index (χ1n) is 9.56. The lowest BCUT2D eigenvalue weighted by Crippen LogP contribution is -2.25. The van der Waals surface area contributed by atoms with E-state index in [2.05, 4.69) is 29.1 Å². The number of fused-ring (bicyclic) bond motifs is 1. The summed E-state index contributed by atoms with van der Waals surface area (Å²) in [4.78, 5) is 18.2. The van der Waals surface area contributed by atoms with Crippen LogP contribution >= 0.6 is 30.0 Å². The molecule has 0 aliphatic carbocycles. The fourth-order valence-electron chi connectivity index (χ4n) is 3.63. The minimum absolute atomic E-state index is 0.206. The van der Waals surface area contributed by atoms with Crippen molar-refractivity contribution in [2.24, 2.45) is 10.4 Å². The van der Waals surface area contributed by atoms with Crippen molar-refractivity contribution >= 4 is 48.0 Å². The average molecular weight is 454 g/mol. The predicted molar refractivity (Wildman–Crippen MR) is 124 cm³/mol. The van der Waals surface area contributed by atoms with Gasteiger partial charge in [-0.3, -0.25) is 4.79 Å². The van der Waals surface area contributed by atoms with Crippen LogP contribution in [0.1, 0.15) is 30.8 Å². The molecule has 2 heterocycles. The van der Waals surface area contributed by atoms with Crippen LogP contribution in [0, 0.1) is 12.3 Å². The van der Waals surface area contributed by atoms with Crippen molar-refractivity contribution in [2.75, 3.05) is 20.4 Å². The van der Waals surface area contributed by atoms with Gasteiger partial charge >= 0.3 is 5.97 Å². The highest BCUT2D eigenvalue weighted by Crippen LogP contribution is 2.45. The highest BCUT2D eigenvalue weighted by atomic mass is 35.5. The number of carbonyl (C=O) groups excluding carboxylic acids is 1. The van der Waals surface area contributed by atoms with E-state index in [1.54, 1.807) is 0 Å². The van der Waals surface area contributed by atoms with Gasteiger partial charge in [-0.25, -0.2) is 4.99 Å². The number of benzene rings is 1. The van der Waals surface area contributed by atoms with Crippen LogP contribution in [0.5, 0.6) is 0 Å². The van der Waals surface area contributed by atoms with Gasteiger partial charge in [0.15, 0.2) is 0 Å². The molecule has 1 aromatic heterocycles. The van der Waals surface area contributed by atoms with Gasteiger partial charge in [-0.15, -0.1) is 13.2 Å². The fraction of sp³-hybridized carbons (Fsp3) is 0.524. The maximum absolute atomic E-state index is 12.4. The molecule has 5 nitrogen and oxygen atoms in total. The van der Waals surface area contributed by atoms with Crippen LogP contribution in [0.4, 0.5) is 5.69 Å². The molecule has 0 radical (unpaired) electrons. The second-order valence-electron chi connectivity index (χ2n) is 9.17. The molecule has 2 aromatic rings. The molecular weight excluding hydrogens is 425 g/mol. The molecule has 1 aromatic carbocycles. The third kappa shape index (κ3) is 4.87. The summed E-state index contributed by atoms with van der Waals surface area (Å²) in [6.07, 6.45) is 5.72. The van der Waals surface area contributed by atoms with Crippen molar-refractivity contribution in [1.29, 1.82) is 0 Å². The summed E-state index contributed by atoms with van der Waals surface area (Å²) in [6, 6.07) is 3.92. The van der Waals surface area contributed by atoms with Crippen LogP contribution in [-0.2, 0) is 28.9 Å². The molecule has 29 heavy (non-hydrogen) atoms. The molecule has 1 aliphatic rings. The Hall–Kier alpha value is -1.36. The normalized spacial score (nSPS) is 17.3. The van der Waals surface area contributed by atoms with Crippen molar-refractivity contribution < 1.29 is 9.53 Å². The van der Waals surface area contributed by atoms with Crippen LogP contribution in [0.15, 0.2) is 17.1 Å². The lowest BCUT2D eigenvalue weighted by Gasteiger charge is -2.24. The summed E-state index contributed by atoms with van der Waals surface area (Å²) < 4.78 is 11.8. The number of halogens is 1. The third-order valence-electron chi connectivity index (χ3n) is 5.31. The number of esters is 1. The highest BCUT2D eigenvalue weighted by Gasteiger charge is 2.31. The zero-order valence-electron chi connectivity index (χ0n) is 18.0. The first kappa shape index (κ1) is 22.3. The summed E-state index contributed by atoms with van der Waals surface area (Å²) >= 11 is 7.97. The SMILES string of the molecule is C=P(C)(C)C(Cc1cc(N=c2snc3n2CC(C)(C)C3)c(C)cc1Cl)C(=O)OC. The molecule has 0 N–H and O–H groups in total. The number of ether oxygens (including phenoxy) is 1. The molecule has 0 saturated carbocycles. The molecule has 0 bridgehead atoms. The van der Waals surface area contributed by atoms with Crippen LogP contribution < -0.4 is 4.80 Å². The van der Waals surface area contributed by atoms with Gasteiger partial charge in [0.25, 0.3) is 0 Å². The molecule has 158 valence electrons. The largest absolute Gasteiger partial charge is 0.469 e. The Labute approximate surface area is 181 Å². The third-order valence-corrected chi connectivity index (χ3v) is 8.52. The van der Waals surface area contributed by atoms with Gasteiger partial charge in [0.1, 0.15) is 5.82 Å². The van der Waals surface area contributed by atoms with E-state index in [-0.39, 0.29) is 17.0 Å². The van der Waals surface area contributed by atoms with Crippen molar-refractivity contribution in [3.05, 3.63) is 38.9 Å². The molecule has 0 saturated heterocycles. The van der Waals surface area contributed by atoms with E-state index in [0.717, 1.165) is 40.4 Å². The van der Waals surface area contributed by atoms with Crippen molar-refractivity contribution in [3.63, 3.8) is 0 Å². The van der Waals surface area contributed by atoms with E-state index in [0.29, 0.717) is 11.4 Å². The van der Waals surface area contributed by atoms with E-state index in [9.17, 15) is 4.79 Å². The Morgan fingerprint density at radius 3 is 2.79 bits per heavy atom. The standard InChI is InChI=1S/C21H29ClN3O2PS/c1-13-8-15(22)14(10-17(19(26)27-4)28(5,6)7)9-16(13)23-20-25-12-21(2,3)11-18(25)24-29-20/h8-9,17H,5,10-12H2,1-4,6-7H3. The number of aryl methyl sites for hydroxylation is 1. The average Bonchev–Trinajstić information content (AvgIpc) is 3.10. The van der Waals surface area contributed by atoms with E-state index < -0.39 is 6.89 Å². The van der Waals surface area contributed by atoms with Gasteiger partial charge in [-0.05, 0) is 55.3 Å². The van der Waals surface area contributed by atoms with E-state index in [4.69, 9.17) is 21.3 Å². The zero-order valence-corrected chi connectivity index (χ0v) is 20.4. The summed E-state index contributed by atoms with van der Waals surface area (Å²) in [7, 11) is 1.42. The second kappa shape index (κ2) is 8.05. The van der Waals surface area contributed by atoms with Gasteiger partial charge in [0.2, 0.25) is 4.80 Å². The van der Waals surface area contributed by atoms with E-state index >= 15 is 0 Å². The summed E-state index contributed by atoms with van der Waals surface area (Å²) in [5, 5.41) is 0.645. The lowest BCUT2D eigenvalue weighted by atomic mass is 9.92. The first-order valence-corrected chi connectivity index (χ1v) is 13.7. The predicted octanol–water partition coefficient (Wildman–Crippen LogP) is 4.51. The maximum atomic E-state index is 12.4. The quantitative estimate of drug-likeness (QED) is 0.494. The minimum atomic E-state index is -1.72. The molecule has 8 heteroatoms. The van der Waals surface area contributed by atoms with Gasteiger partial charge in [0, 0.05) is 29.5 Å². The van der Waals surface area contributed by atoms with Crippen molar-refractivity contribution in [2.45, 2.75) is 45.8 Å². The van der Waals surface area contributed by atoms with Gasteiger partial charge < -0.3 is 9.30 Å². The first-order chi connectivity index (χ1) is 13.4. The minimum Gasteiger partial charge on any atom is -0.469 e. The highest BCUT2D eigenvalue weighted by molar-refractivity contribution is 7.73. The molecular formula is C21H29ClN3O2PS. The molecule has 1 unspecified atom stereocenters. The van der Waals surface area contributed by atoms with Crippen LogP contribution in [-0.4, -0.2) is 47.3 Å². The number of hydrogen-bond donors (Lipinski definition) is 0. The Kier molecular flexibility index (Phi) is 6.20. The van der Waals surface area contributed by atoms with Crippen LogP contribution in [0.2, 0.25) is 5.02 Å². The lowest BCUT2D eigenvalue weighted by molar-refractivity contribution is -0.140. The monoisotopic (exact) mass is 453 g/mol. The number of nitrogens with zero attached hydrogens (tertiary/aromatic N) is 3. The Balaban J connectivity index is 2.02. The summed E-state index contributed by atoms with van der Waals surface area (Å²) in [5.41, 5.74) is 2.67. The zero-order chi connectivity index (χ0) is 21.6. The van der Waals surface area contributed by atoms with Gasteiger partial charge in [-0.1, -0.05) is 25.4 Å². The fourth-order valence-corrected chi connectivity index (χ4v) is 6.05. The molecule has 0 fully saturated rings. The second-order valence-corrected chi connectivity index (χ2v) is 14.5. The molecule has 0 amide bonds. The molecule has 3 rings (SSSR count). The topological polar surface area (TPSA) is 56.5 Å².